The number of rotatable bonds is 12. The fourth-order valence-corrected chi connectivity index (χ4v) is 4.18. The lowest BCUT2D eigenvalue weighted by Gasteiger charge is -2.17. The molecule has 2 amide bonds. The van der Waals surface area contributed by atoms with Gasteiger partial charge in [0.1, 0.15) is 12.6 Å². The first-order valence-electron chi connectivity index (χ1n) is 11.2. The molecule has 0 radical (unpaired) electrons. The van der Waals surface area contributed by atoms with E-state index in [2.05, 4.69) is 15.6 Å². The van der Waals surface area contributed by atoms with Crippen molar-refractivity contribution in [3.05, 3.63) is 59.9 Å². The maximum absolute atomic E-state index is 13.4. The van der Waals surface area contributed by atoms with Gasteiger partial charge in [-0.1, -0.05) is 30.3 Å². The quantitative estimate of drug-likeness (QED) is 0.369. The standard InChI is InChI=1S/C25H30N4O5S/c1-33-15-22(30)27-18-13-19(24(31)28-20(10-12-35-3)25(32)34-2)23-21(14-18)26-16-29(23)11-9-17-7-5-4-6-8-17/h4-8,13-14,16,20H,9-12,15H2,1-3H3,(H,27,30)(H,28,31). The molecule has 35 heavy (non-hydrogen) atoms. The van der Waals surface area contributed by atoms with Gasteiger partial charge in [0.05, 0.1) is 30.0 Å². The summed E-state index contributed by atoms with van der Waals surface area (Å²) < 4.78 is 11.7. The molecule has 0 aliphatic carbocycles. The number of hydrogen-bond donors (Lipinski definition) is 2. The molecule has 9 nitrogen and oxygen atoms in total. The summed E-state index contributed by atoms with van der Waals surface area (Å²) in [5, 5.41) is 5.53. The average Bonchev–Trinajstić information content (AvgIpc) is 3.27. The van der Waals surface area contributed by atoms with Crippen LogP contribution in [0.2, 0.25) is 0 Å². The van der Waals surface area contributed by atoms with Crippen molar-refractivity contribution in [3.8, 4) is 0 Å². The van der Waals surface area contributed by atoms with Gasteiger partial charge < -0.3 is 24.7 Å². The minimum atomic E-state index is -0.789. The lowest BCUT2D eigenvalue weighted by Crippen LogP contribution is -2.42. The molecular formula is C25H30N4O5S. The third-order valence-electron chi connectivity index (χ3n) is 5.40. The molecule has 1 heterocycles. The fourth-order valence-electron chi connectivity index (χ4n) is 3.71. The van der Waals surface area contributed by atoms with Crippen LogP contribution in [0, 0.1) is 0 Å². The van der Waals surface area contributed by atoms with E-state index in [0.717, 1.165) is 12.0 Å². The predicted molar refractivity (Wildman–Crippen MR) is 137 cm³/mol. The van der Waals surface area contributed by atoms with Crippen LogP contribution in [0.3, 0.4) is 0 Å². The highest BCUT2D eigenvalue weighted by Crippen LogP contribution is 2.25. The molecule has 2 N–H and O–H groups in total. The van der Waals surface area contributed by atoms with E-state index in [1.165, 1.54) is 14.2 Å². The van der Waals surface area contributed by atoms with Gasteiger partial charge in [0.2, 0.25) is 5.91 Å². The zero-order valence-corrected chi connectivity index (χ0v) is 20.9. The number of nitrogens with zero attached hydrogens (tertiary/aromatic N) is 2. The number of ether oxygens (including phenoxy) is 2. The van der Waals surface area contributed by atoms with E-state index in [1.54, 1.807) is 30.2 Å². The van der Waals surface area contributed by atoms with Gasteiger partial charge in [-0.3, -0.25) is 9.59 Å². The van der Waals surface area contributed by atoms with Crippen LogP contribution in [0.15, 0.2) is 48.8 Å². The van der Waals surface area contributed by atoms with Gasteiger partial charge in [-0.25, -0.2) is 9.78 Å². The maximum Gasteiger partial charge on any atom is 0.328 e. The zero-order valence-electron chi connectivity index (χ0n) is 20.1. The number of thioether (sulfide) groups is 1. The van der Waals surface area contributed by atoms with Crippen molar-refractivity contribution in [2.24, 2.45) is 0 Å². The Kier molecular flexibility index (Phi) is 9.68. The van der Waals surface area contributed by atoms with Crippen molar-refractivity contribution in [2.75, 3.05) is 38.2 Å². The molecule has 0 spiro atoms. The van der Waals surface area contributed by atoms with Crippen LogP contribution in [0.5, 0.6) is 0 Å². The van der Waals surface area contributed by atoms with Crippen molar-refractivity contribution >= 4 is 46.3 Å². The average molecular weight is 499 g/mol. The molecule has 0 fully saturated rings. The van der Waals surface area contributed by atoms with Gasteiger partial charge in [-0.2, -0.15) is 11.8 Å². The van der Waals surface area contributed by atoms with Gasteiger partial charge >= 0.3 is 5.97 Å². The summed E-state index contributed by atoms with van der Waals surface area (Å²) in [5.41, 5.74) is 3.05. The van der Waals surface area contributed by atoms with Crippen LogP contribution in [0.1, 0.15) is 22.3 Å². The van der Waals surface area contributed by atoms with E-state index >= 15 is 0 Å². The van der Waals surface area contributed by atoms with Crippen LogP contribution in [0.25, 0.3) is 11.0 Å². The van der Waals surface area contributed by atoms with E-state index in [-0.39, 0.29) is 12.5 Å². The number of hydrogen-bond acceptors (Lipinski definition) is 7. The monoisotopic (exact) mass is 498 g/mol. The Labute approximate surface area is 208 Å². The number of benzene rings is 2. The Bertz CT molecular complexity index is 1170. The summed E-state index contributed by atoms with van der Waals surface area (Å²) in [6.45, 7) is 0.479. The largest absolute Gasteiger partial charge is 0.467 e. The van der Waals surface area contributed by atoms with Crippen LogP contribution >= 0.6 is 11.8 Å². The third kappa shape index (κ3) is 7.06. The Morgan fingerprint density at radius 2 is 1.91 bits per heavy atom. The van der Waals surface area contributed by atoms with Crippen LogP contribution in [-0.4, -0.2) is 66.2 Å². The first kappa shape index (κ1) is 26.2. The summed E-state index contributed by atoms with van der Waals surface area (Å²) in [6.07, 6.45) is 4.78. The number of fused-ring (bicyclic) bond motifs is 1. The first-order valence-corrected chi connectivity index (χ1v) is 12.6. The smallest absolute Gasteiger partial charge is 0.328 e. The molecule has 0 aliphatic heterocycles. The Morgan fingerprint density at radius 1 is 1.14 bits per heavy atom. The van der Waals surface area contributed by atoms with Gasteiger partial charge in [0, 0.05) is 19.3 Å². The second-order valence-corrected chi connectivity index (χ2v) is 8.86. The van der Waals surface area contributed by atoms with Crippen LogP contribution in [-0.2, 0) is 32.0 Å². The fraction of sp³-hybridized carbons (Fsp3) is 0.360. The van der Waals surface area contributed by atoms with Crippen molar-refractivity contribution in [2.45, 2.75) is 25.4 Å². The number of carbonyl (C=O) groups is 3. The van der Waals surface area contributed by atoms with Crippen LogP contribution < -0.4 is 10.6 Å². The normalized spacial score (nSPS) is 11.7. The minimum absolute atomic E-state index is 0.121. The zero-order chi connectivity index (χ0) is 25.2. The second-order valence-electron chi connectivity index (χ2n) is 7.88. The van der Waals surface area contributed by atoms with E-state index in [4.69, 9.17) is 9.47 Å². The summed E-state index contributed by atoms with van der Waals surface area (Å²) in [7, 11) is 2.72. The third-order valence-corrected chi connectivity index (χ3v) is 6.05. The SMILES string of the molecule is COCC(=O)Nc1cc(C(=O)NC(CCSC)C(=O)OC)c2c(c1)ncn2CCc1ccccc1. The number of carbonyl (C=O) groups excluding carboxylic acids is 3. The van der Waals surface area contributed by atoms with Crippen molar-refractivity contribution in [1.82, 2.24) is 14.9 Å². The van der Waals surface area contributed by atoms with Gasteiger partial charge in [0.25, 0.3) is 5.91 Å². The molecule has 3 rings (SSSR count). The first-order chi connectivity index (χ1) is 17.0. The maximum atomic E-state index is 13.4. The number of nitrogens with one attached hydrogen (secondary N) is 2. The highest BCUT2D eigenvalue weighted by atomic mass is 32.2. The number of aromatic nitrogens is 2. The molecule has 0 bridgehead atoms. The highest BCUT2D eigenvalue weighted by molar-refractivity contribution is 7.98. The molecule has 1 unspecified atom stereocenters. The molecule has 1 aromatic heterocycles. The lowest BCUT2D eigenvalue weighted by molar-refractivity contribution is -0.142. The molecule has 0 saturated carbocycles. The lowest BCUT2D eigenvalue weighted by atomic mass is 10.1. The summed E-state index contributed by atoms with van der Waals surface area (Å²) in [4.78, 5) is 42.3. The number of aryl methyl sites for hydroxylation is 2. The van der Waals surface area contributed by atoms with Crippen LogP contribution in [0.4, 0.5) is 5.69 Å². The summed E-state index contributed by atoms with van der Waals surface area (Å²) in [5.74, 6) is -0.631. The predicted octanol–water partition coefficient (Wildman–Crippen LogP) is 2.89. The van der Waals surface area contributed by atoms with E-state index < -0.39 is 17.9 Å². The van der Waals surface area contributed by atoms with E-state index in [1.807, 2.05) is 41.2 Å². The van der Waals surface area contributed by atoms with Crippen molar-refractivity contribution in [3.63, 3.8) is 0 Å². The molecule has 10 heteroatoms. The van der Waals surface area contributed by atoms with E-state index in [0.29, 0.717) is 41.0 Å². The number of methoxy groups -OCH3 is 2. The molecule has 0 aliphatic rings. The topological polar surface area (TPSA) is 112 Å². The molecule has 186 valence electrons. The van der Waals surface area contributed by atoms with Crippen molar-refractivity contribution < 1.29 is 23.9 Å². The number of anilines is 1. The number of esters is 1. The number of imidazole rings is 1. The van der Waals surface area contributed by atoms with Crippen molar-refractivity contribution in [1.29, 1.82) is 0 Å². The second kappa shape index (κ2) is 12.9. The Balaban J connectivity index is 1.96. The summed E-state index contributed by atoms with van der Waals surface area (Å²) in [6, 6.07) is 12.5. The van der Waals surface area contributed by atoms with Gasteiger partial charge in [0.15, 0.2) is 0 Å². The Morgan fingerprint density at radius 3 is 2.60 bits per heavy atom. The van der Waals surface area contributed by atoms with E-state index in [9.17, 15) is 14.4 Å². The molecular weight excluding hydrogens is 468 g/mol. The minimum Gasteiger partial charge on any atom is -0.467 e. The van der Waals surface area contributed by atoms with Gasteiger partial charge in [-0.05, 0) is 42.5 Å². The number of amides is 2. The Hall–Kier alpha value is -3.37. The molecule has 1 atom stereocenters. The summed E-state index contributed by atoms with van der Waals surface area (Å²) >= 11 is 1.57. The molecule has 0 saturated heterocycles. The highest BCUT2D eigenvalue weighted by Gasteiger charge is 2.24. The molecule has 3 aromatic rings. The van der Waals surface area contributed by atoms with Gasteiger partial charge in [-0.15, -0.1) is 0 Å². The molecule has 2 aromatic carbocycles.